The number of aryl methyl sites for hydroxylation is 2. The summed E-state index contributed by atoms with van der Waals surface area (Å²) in [7, 11) is 1.96. The lowest BCUT2D eigenvalue weighted by atomic mass is 10.3. The van der Waals surface area contributed by atoms with Gasteiger partial charge in [0.25, 0.3) is 0 Å². The highest BCUT2D eigenvalue weighted by atomic mass is 35.5. The Kier molecular flexibility index (Phi) is 3.38. The fourth-order valence-corrected chi connectivity index (χ4v) is 0.875. The number of rotatable bonds is 3. The average molecular weight is 177 g/mol. The van der Waals surface area contributed by atoms with Gasteiger partial charge in [-0.2, -0.15) is 0 Å². The van der Waals surface area contributed by atoms with Crippen molar-refractivity contribution < 1.29 is 19.7 Å². The van der Waals surface area contributed by atoms with Gasteiger partial charge < -0.3 is 12.4 Å². The van der Waals surface area contributed by atoms with Crippen LogP contribution in [0.2, 0.25) is 0 Å². The predicted octanol–water partition coefficient (Wildman–Crippen LogP) is -1.88. The number of halogens is 1. The van der Waals surface area contributed by atoms with Gasteiger partial charge in [0.1, 0.15) is 12.4 Å². The van der Waals surface area contributed by atoms with E-state index in [2.05, 4.69) is 0 Å². The van der Waals surface area contributed by atoms with Gasteiger partial charge in [0.05, 0.1) is 13.6 Å². The first-order valence-corrected chi connectivity index (χ1v) is 3.48. The van der Waals surface area contributed by atoms with Gasteiger partial charge in [0, 0.05) is 2.74 Å². The molecule has 0 aromatic carbocycles. The number of nitrogens with zero attached hydrogens (tertiary/aromatic N) is 2. The monoisotopic (exact) mass is 176 g/mol. The summed E-state index contributed by atoms with van der Waals surface area (Å²) in [5.41, 5.74) is 0. The van der Waals surface area contributed by atoms with E-state index in [4.69, 9.17) is 2.74 Å². The van der Waals surface area contributed by atoms with E-state index in [0.717, 1.165) is 6.54 Å². The van der Waals surface area contributed by atoms with Crippen molar-refractivity contribution in [2.45, 2.75) is 26.3 Å². The van der Waals surface area contributed by atoms with Crippen molar-refractivity contribution >= 4 is 0 Å². The topological polar surface area (TPSA) is 8.81 Å². The van der Waals surface area contributed by atoms with Gasteiger partial charge in [-0.1, -0.05) is 13.3 Å². The second-order valence-electron chi connectivity index (χ2n) is 2.42. The summed E-state index contributed by atoms with van der Waals surface area (Å²) >= 11 is 0. The first kappa shape index (κ1) is 7.17. The van der Waals surface area contributed by atoms with Crippen LogP contribution in [0.1, 0.15) is 22.5 Å². The quantitative estimate of drug-likeness (QED) is 0.477. The van der Waals surface area contributed by atoms with Crippen molar-refractivity contribution in [3.05, 3.63) is 18.7 Å². The minimum atomic E-state index is -1.07. The summed E-state index contributed by atoms with van der Waals surface area (Å²) in [5, 5.41) is 0. The second-order valence-corrected chi connectivity index (χ2v) is 2.42. The van der Waals surface area contributed by atoms with Crippen LogP contribution in [0.3, 0.4) is 0 Å². The maximum absolute atomic E-state index is 7.33. The molecule has 11 heavy (non-hydrogen) atoms. The van der Waals surface area contributed by atoms with E-state index in [1.807, 2.05) is 34.9 Å². The van der Waals surface area contributed by atoms with E-state index in [0.29, 0.717) is 6.42 Å². The standard InChI is InChI=1S/C8H15N2.ClH/c1-3-4-5-10-7-6-9(2)8-10;/h6-8H,3-5H2,1-2H3;1H/q+1;/p-1/i3D2;. The zero-order valence-corrected chi connectivity index (χ0v) is 7.67. The lowest BCUT2D eigenvalue weighted by Crippen LogP contribution is -3.00. The first-order valence-electron chi connectivity index (χ1n) is 4.48. The third-order valence-corrected chi connectivity index (χ3v) is 1.44. The summed E-state index contributed by atoms with van der Waals surface area (Å²) in [6.45, 7) is 2.35. The Morgan fingerprint density at radius 2 is 2.36 bits per heavy atom. The molecule has 0 N–H and O–H groups in total. The molecule has 1 heterocycles. The van der Waals surface area contributed by atoms with Crippen molar-refractivity contribution in [3.63, 3.8) is 0 Å². The van der Waals surface area contributed by atoms with Crippen LogP contribution in [0.4, 0.5) is 0 Å². The van der Waals surface area contributed by atoms with Gasteiger partial charge >= 0.3 is 0 Å². The highest BCUT2D eigenvalue weighted by molar-refractivity contribution is 4.65. The van der Waals surface area contributed by atoms with E-state index in [1.165, 1.54) is 0 Å². The molecule has 0 aliphatic carbocycles. The molecule has 0 spiro atoms. The molecule has 0 atom stereocenters. The molecule has 0 aliphatic heterocycles. The van der Waals surface area contributed by atoms with Crippen molar-refractivity contribution in [3.8, 4) is 0 Å². The molecule has 2 nitrogen and oxygen atoms in total. The fourth-order valence-electron chi connectivity index (χ4n) is 0.875. The van der Waals surface area contributed by atoms with E-state index >= 15 is 0 Å². The summed E-state index contributed by atoms with van der Waals surface area (Å²) in [4.78, 5) is 0. The maximum atomic E-state index is 7.33. The van der Waals surface area contributed by atoms with E-state index in [9.17, 15) is 0 Å². The predicted molar refractivity (Wildman–Crippen MR) is 40.5 cm³/mol. The summed E-state index contributed by atoms with van der Waals surface area (Å²) in [6.07, 6.45) is 5.34. The Balaban J connectivity index is 0.00000144. The second kappa shape index (κ2) is 5.19. The van der Waals surface area contributed by atoms with E-state index < -0.39 is 6.37 Å². The SMILES string of the molecule is [2H]C([2H])(C)CCn1cc[n+](C)c1.[Cl-]. The van der Waals surface area contributed by atoms with Crippen molar-refractivity contribution in [2.24, 2.45) is 7.05 Å². The number of imidazole rings is 1. The molecule has 0 bridgehead atoms. The van der Waals surface area contributed by atoms with Crippen LogP contribution in [0, 0.1) is 0 Å². The van der Waals surface area contributed by atoms with E-state index in [1.54, 1.807) is 6.92 Å². The largest absolute Gasteiger partial charge is 1.00 e. The Morgan fingerprint density at radius 1 is 1.64 bits per heavy atom. The summed E-state index contributed by atoms with van der Waals surface area (Å²) in [6, 6.07) is 0. The normalized spacial score (nSPS) is 13.3. The lowest BCUT2D eigenvalue weighted by Gasteiger charge is -1.90. The van der Waals surface area contributed by atoms with Crippen molar-refractivity contribution in [2.75, 3.05) is 0 Å². The molecule has 0 unspecified atom stereocenters. The number of hydrogen-bond acceptors (Lipinski definition) is 0. The summed E-state index contributed by atoms with van der Waals surface area (Å²) < 4.78 is 18.6. The fraction of sp³-hybridized carbons (Fsp3) is 0.625. The van der Waals surface area contributed by atoms with Crippen LogP contribution in [0.25, 0.3) is 0 Å². The van der Waals surface area contributed by atoms with Gasteiger partial charge in [0.15, 0.2) is 0 Å². The molecule has 1 rings (SSSR count). The number of hydrogen-bond donors (Lipinski definition) is 0. The molecule has 64 valence electrons. The smallest absolute Gasteiger partial charge is 0.243 e. The minimum Gasteiger partial charge on any atom is -1.00 e. The molecule has 0 radical (unpaired) electrons. The van der Waals surface area contributed by atoms with Gasteiger partial charge in [-0.15, -0.1) is 0 Å². The molecule has 3 heteroatoms. The van der Waals surface area contributed by atoms with Gasteiger partial charge in [0.2, 0.25) is 6.33 Å². The lowest BCUT2D eigenvalue weighted by molar-refractivity contribution is -0.671. The highest BCUT2D eigenvalue weighted by Crippen LogP contribution is 1.91. The molecule has 0 saturated carbocycles. The van der Waals surface area contributed by atoms with Crippen LogP contribution < -0.4 is 17.0 Å². The van der Waals surface area contributed by atoms with Crippen LogP contribution in [0.5, 0.6) is 0 Å². The Morgan fingerprint density at radius 3 is 2.82 bits per heavy atom. The summed E-state index contributed by atoms with van der Waals surface area (Å²) in [5.74, 6) is 0. The molecule has 0 saturated heterocycles. The highest BCUT2D eigenvalue weighted by Gasteiger charge is 1.96. The van der Waals surface area contributed by atoms with Crippen LogP contribution in [-0.2, 0) is 13.6 Å². The van der Waals surface area contributed by atoms with Gasteiger partial charge in [-0.25, -0.2) is 9.13 Å². The molecule has 1 aromatic rings. The number of aromatic nitrogens is 2. The molecule has 0 aliphatic rings. The van der Waals surface area contributed by atoms with Crippen LogP contribution in [-0.4, -0.2) is 4.57 Å². The molecule has 0 fully saturated rings. The zero-order valence-electron chi connectivity index (χ0n) is 8.92. The van der Waals surface area contributed by atoms with Crippen LogP contribution >= 0.6 is 0 Å². The van der Waals surface area contributed by atoms with E-state index in [-0.39, 0.29) is 12.4 Å². The third kappa shape index (κ3) is 3.42. The minimum absolute atomic E-state index is 0. The Hall–Kier alpha value is -0.500. The first-order chi connectivity index (χ1) is 5.47. The Bertz CT molecular complexity index is 255. The van der Waals surface area contributed by atoms with Gasteiger partial charge in [-0.3, -0.25) is 0 Å². The van der Waals surface area contributed by atoms with Gasteiger partial charge in [-0.05, 0) is 6.42 Å². The third-order valence-electron chi connectivity index (χ3n) is 1.44. The molecule has 1 aromatic heterocycles. The van der Waals surface area contributed by atoms with Crippen molar-refractivity contribution in [1.82, 2.24) is 4.57 Å². The molecular formula is C8H15ClN2. The Labute approximate surface area is 77.1 Å². The molecule has 0 amide bonds. The molecular weight excluding hydrogens is 160 g/mol. The zero-order chi connectivity index (χ0) is 9.19. The maximum Gasteiger partial charge on any atom is 0.243 e. The average Bonchev–Trinajstić information content (AvgIpc) is 2.30. The van der Waals surface area contributed by atoms with Crippen LogP contribution in [0.15, 0.2) is 18.7 Å². The van der Waals surface area contributed by atoms with Crippen molar-refractivity contribution in [1.29, 1.82) is 0 Å².